The summed E-state index contributed by atoms with van der Waals surface area (Å²) in [6, 6.07) is 5.04. The highest BCUT2D eigenvalue weighted by Gasteiger charge is 2.16. The predicted molar refractivity (Wildman–Crippen MR) is 60.8 cm³/mol. The van der Waals surface area contributed by atoms with E-state index in [0.717, 1.165) is 11.8 Å². The maximum atomic E-state index is 11.0. The SMILES string of the molecule is O=CC(c1ccc(Cl)c(Cl)c1)c1c[nH]nn1. The van der Waals surface area contributed by atoms with Crippen LogP contribution in [0.5, 0.6) is 0 Å². The van der Waals surface area contributed by atoms with Crippen LogP contribution in [0.3, 0.4) is 0 Å². The fourth-order valence-corrected chi connectivity index (χ4v) is 1.69. The minimum absolute atomic E-state index is 0.412. The zero-order valence-electron chi connectivity index (χ0n) is 8.02. The van der Waals surface area contributed by atoms with Crippen LogP contribution in [0.15, 0.2) is 24.4 Å². The van der Waals surface area contributed by atoms with Crippen molar-refractivity contribution in [1.82, 2.24) is 15.4 Å². The number of carbonyl (C=O) groups excluding carboxylic acids is 1. The molecule has 0 saturated heterocycles. The van der Waals surface area contributed by atoms with Crippen LogP contribution in [0.4, 0.5) is 0 Å². The van der Waals surface area contributed by atoms with Gasteiger partial charge in [0.25, 0.3) is 0 Å². The summed E-state index contributed by atoms with van der Waals surface area (Å²) in [6.45, 7) is 0. The Kier molecular flexibility index (Phi) is 3.22. The lowest BCUT2D eigenvalue weighted by molar-refractivity contribution is -0.108. The van der Waals surface area contributed by atoms with E-state index in [1.54, 1.807) is 24.4 Å². The Morgan fingerprint density at radius 2 is 2.12 bits per heavy atom. The van der Waals surface area contributed by atoms with Gasteiger partial charge in [0.05, 0.1) is 21.7 Å². The van der Waals surface area contributed by atoms with Crippen molar-refractivity contribution in [3.63, 3.8) is 0 Å². The van der Waals surface area contributed by atoms with Gasteiger partial charge in [0.2, 0.25) is 0 Å². The van der Waals surface area contributed by atoms with E-state index < -0.39 is 5.92 Å². The molecule has 0 bridgehead atoms. The number of benzene rings is 1. The number of carbonyl (C=O) groups is 1. The third kappa shape index (κ3) is 2.08. The maximum Gasteiger partial charge on any atom is 0.133 e. The van der Waals surface area contributed by atoms with Crippen LogP contribution < -0.4 is 0 Å². The van der Waals surface area contributed by atoms with Crippen molar-refractivity contribution < 1.29 is 4.79 Å². The third-order valence-corrected chi connectivity index (χ3v) is 2.93. The number of hydrogen-bond donors (Lipinski definition) is 1. The van der Waals surface area contributed by atoms with Crippen LogP contribution in [0, 0.1) is 0 Å². The molecular formula is C10H7Cl2N3O. The Morgan fingerprint density at radius 3 is 2.69 bits per heavy atom. The number of halogens is 2. The van der Waals surface area contributed by atoms with Crippen molar-refractivity contribution in [2.45, 2.75) is 5.92 Å². The molecule has 0 amide bonds. The van der Waals surface area contributed by atoms with Gasteiger partial charge < -0.3 is 4.79 Å². The smallest absolute Gasteiger partial charge is 0.133 e. The van der Waals surface area contributed by atoms with Crippen LogP contribution in [-0.4, -0.2) is 21.7 Å². The van der Waals surface area contributed by atoms with E-state index in [9.17, 15) is 4.79 Å². The first-order chi connectivity index (χ1) is 7.72. The Bertz CT molecular complexity index is 499. The molecule has 1 aromatic carbocycles. The van der Waals surface area contributed by atoms with E-state index in [4.69, 9.17) is 23.2 Å². The Hall–Kier alpha value is -1.39. The second-order valence-corrected chi connectivity index (χ2v) is 4.00. The largest absolute Gasteiger partial charge is 0.302 e. The number of nitrogens with one attached hydrogen (secondary N) is 1. The molecule has 82 valence electrons. The van der Waals surface area contributed by atoms with Crippen LogP contribution in [0.2, 0.25) is 10.0 Å². The normalized spacial score (nSPS) is 12.4. The van der Waals surface area contributed by atoms with Crippen molar-refractivity contribution >= 4 is 29.5 Å². The average Bonchev–Trinajstić information content (AvgIpc) is 2.78. The fraction of sp³-hybridized carbons (Fsp3) is 0.100. The lowest BCUT2D eigenvalue weighted by Gasteiger charge is -2.07. The Balaban J connectivity index is 2.41. The van der Waals surface area contributed by atoms with Gasteiger partial charge >= 0.3 is 0 Å². The van der Waals surface area contributed by atoms with Crippen molar-refractivity contribution in [2.75, 3.05) is 0 Å². The summed E-state index contributed by atoms with van der Waals surface area (Å²) in [5.41, 5.74) is 1.28. The number of rotatable bonds is 3. The molecule has 0 fully saturated rings. The van der Waals surface area contributed by atoms with Gasteiger partial charge in [-0.2, -0.15) is 0 Å². The number of hydrogen-bond acceptors (Lipinski definition) is 3. The summed E-state index contributed by atoms with van der Waals surface area (Å²) in [4.78, 5) is 11.0. The highest BCUT2D eigenvalue weighted by Crippen LogP contribution is 2.28. The van der Waals surface area contributed by atoms with Gasteiger partial charge in [-0.15, -0.1) is 5.10 Å². The Labute approximate surface area is 102 Å². The number of aromatic amines is 1. The predicted octanol–water partition coefficient (Wildman–Crippen LogP) is 2.44. The second kappa shape index (κ2) is 4.63. The summed E-state index contributed by atoms with van der Waals surface area (Å²) in [5, 5.41) is 10.8. The first-order valence-electron chi connectivity index (χ1n) is 4.49. The molecule has 1 N–H and O–H groups in total. The molecule has 0 aliphatic rings. The molecule has 0 spiro atoms. The molecule has 4 nitrogen and oxygen atoms in total. The van der Waals surface area contributed by atoms with Crippen molar-refractivity contribution in [3.05, 3.63) is 45.7 Å². The monoisotopic (exact) mass is 255 g/mol. The van der Waals surface area contributed by atoms with Crippen LogP contribution in [-0.2, 0) is 4.79 Å². The van der Waals surface area contributed by atoms with Gasteiger partial charge in [0.1, 0.15) is 6.29 Å². The molecule has 0 saturated carbocycles. The quantitative estimate of drug-likeness (QED) is 0.858. The minimum Gasteiger partial charge on any atom is -0.302 e. The number of nitrogens with zero attached hydrogens (tertiary/aromatic N) is 2. The van der Waals surface area contributed by atoms with Crippen molar-refractivity contribution in [2.24, 2.45) is 0 Å². The number of H-pyrrole nitrogens is 1. The highest BCUT2D eigenvalue weighted by atomic mass is 35.5. The van der Waals surface area contributed by atoms with Crippen LogP contribution in [0.1, 0.15) is 17.2 Å². The van der Waals surface area contributed by atoms with E-state index >= 15 is 0 Å². The summed E-state index contributed by atoms with van der Waals surface area (Å²) >= 11 is 11.7. The summed E-state index contributed by atoms with van der Waals surface area (Å²) in [6.07, 6.45) is 2.36. The molecule has 2 rings (SSSR count). The van der Waals surface area contributed by atoms with E-state index in [-0.39, 0.29) is 0 Å². The first kappa shape index (κ1) is 11.1. The van der Waals surface area contributed by atoms with Gasteiger partial charge in [-0.25, -0.2) is 0 Å². The van der Waals surface area contributed by atoms with Gasteiger partial charge in [-0.3, -0.25) is 5.10 Å². The molecule has 6 heteroatoms. The van der Waals surface area contributed by atoms with Crippen LogP contribution >= 0.6 is 23.2 Å². The summed E-state index contributed by atoms with van der Waals surface area (Å²) in [5.74, 6) is -0.478. The van der Waals surface area contributed by atoms with E-state index in [1.165, 1.54) is 0 Å². The molecule has 1 unspecified atom stereocenters. The molecule has 1 aromatic heterocycles. The minimum atomic E-state index is -0.478. The molecule has 1 atom stereocenters. The topological polar surface area (TPSA) is 58.6 Å². The third-order valence-electron chi connectivity index (χ3n) is 2.19. The summed E-state index contributed by atoms with van der Waals surface area (Å²) in [7, 11) is 0. The van der Waals surface area contributed by atoms with Crippen LogP contribution in [0.25, 0.3) is 0 Å². The average molecular weight is 256 g/mol. The number of aldehydes is 1. The van der Waals surface area contributed by atoms with E-state index in [0.29, 0.717) is 15.7 Å². The molecule has 1 heterocycles. The van der Waals surface area contributed by atoms with Gasteiger partial charge in [0, 0.05) is 6.20 Å². The fourth-order valence-electron chi connectivity index (χ4n) is 1.39. The molecule has 0 aliphatic carbocycles. The Morgan fingerprint density at radius 1 is 1.31 bits per heavy atom. The van der Waals surface area contributed by atoms with E-state index in [2.05, 4.69) is 15.4 Å². The summed E-state index contributed by atoms with van der Waals surface area (Å²) < 4.78 is 0. The van der Waals surface area contributed by atoms with Gasteiger partial charge in [0.15, 0.2) is 0 Å². The van der Waals surface area contributed by atoms with Gasteiger partial charge in [-0.05, 0) is 17.7 Å². The standard InChI is InChI=1S/C10H7Cl2N3O/c11-8-2-1-6(3-9(8)12)7(5-16)10-4-13-15-14-10/h1-5,7H,(H,13,14,15). The molecule has 2 aromatic rings. The molecule has 0 radical (unpaired) electrons. The van der Waals surface area contributed by atoms with Crippen molar-refractivity contribution in [3.8, 4) is 0 Å². The highest BCUT2D eigenvalue weighted by molar-refractivity contribution is 6.42. The molecule has 0 aliphatic heterocycles. The zero-order valence-corrected chi connectivity index (χ0v) is 9.53. The molecular weight excluding hydrogens is 249 g/mol. The van der Waals surface area contributed by atoms with Crippen molar-refractivity contribution in [1.29, 1.82) is 0 Å². The van der Waals surface area contributed by atoms with E-state index in [1.807, 2.05) is 0 Å². The zero-order chi connectivity index (χ0) is 11.5. The first-order valence-corrected chi connectivity index (χ1v) is 5.24. The molecule has 16 heavy (non-hydrogen) atoms. The lowest BCUT2D eigenvalue weighted by atomic mass is 9.98. The maximum absolute atomic E-state index is 11.0. The second-order valence-electron chi connectivity index (χ2n) is 3.19. The number of aromatic nitrogens is 3. The van der Waals surface area contributed by atoms with Gasteiger partial charge in [-0.1, -0.05) is 34.5 Å². The lowest BCUT2D eigenvalue weighted by Crippen LogP contribution is -2.03.